The van der Waals surface area contributed by atoms with Crippen LogP contribution in [-0.4, -0.2) is 28.9 Å². The highest BCUT2D eigenvalue weighted by molar-refractivity contribution is 5.78. The third-order valence-electron chi connectivity index (χ3n) is 3.22. The summed E-state index contributed by atoms with van der Waals surface area (Å²) in [7, 11) is 1.85. The lowest BCUT2D eigenvalue weighted by molar-refractivity contribution is -0.120. The average molecular weight is 317 g/mol. The molecule has 1 aromatic heterocycles. The van der Waals surface area contributed by atoms with E-state index in [-0.39, 0.29) is 5.91 Å². The van der Waals surface area contributed by atoms with Gasteiger partial charge in [-0.1, -0.05) is 6.07 Å². The number of aromatic nitrogens is 2. The number of rotatable bonds is 8. The number of hydrogen-bond donors (Lipinski definition) is 1. The van der Waals surface area contributed by atoms with Crippen molar-refractivity contribution in [2.45, 2.75) is 26.8 Å². The first-order valence-electron chi connectivity index (χ1n) is 7.75. The molecule has 2 rings (SSSR count). The topological polar surface area (TPSA) is 65.4 Å². The van der Waals surface area contributed by atoms with Crippen molar-refractivity contribution in [3.8, 4) is 11.5 Å². The summed E-state index contributed by atoms with van der Waals surface area (Å²) in [5, 5.41) is 6.96. The Balaban J connectivity index is 1.95. The molecule has 1 aromatic carbocycles. The van der Waals surface area contributed by atoms with E-state index >= 15 is 0 Å². The van der Waals surface area contributed by atoms with E-state index in [1.54, 1.807) is 10.9 Å². The Morgan fingerprint density at radius 2 is 1.91 bits per heavy atom. The fourth-order valence-corrected chi connectivity index (χ4v) is 2.22. The molecule has 1 heterocycles. The lowest BCUT2D eigenvalue weighted by Crippen LogP contribution is -2.24. The van der Waals surface area contributed by atoms with Gasteiger partial charge >= 0.3 is 0 Å². The normalized spacial score (nSPS) is 10.4. The quantitative estimate of drug-likeness (QED) is 0.809. The number of amides is 1. The molecule has 0 atom stereocenters. The Bertz CT molecular complexity index is 652. The number of nitrogens with zero attached hydrogens (tertiary/aromatic N) is 2. The molecular formula is C17H23N3O3. The molecule has 124 valence electrons. The molecule has 1 amide bonds. The van der Waals surface area contributed by atoms with Gasteiger partial charge < -0.3 is 14.8 Å². The molecule has 2 aromatic rings. The molecule has 0 aliphatic rings. The van der Waals surface area contributed by atoms with Gasteiger partial charge in [-0.05, 0) is 31.5 Å². The maximum atomic E-state index is 12.1. The lowest BCUT2D eigenvalue weighted by atomic mass is 10.1. The van der Waals surface area contributed by atoms with E-state index in [1.807, 2.05) is 45.3 Å². The van der Waals surface area contributed by atoms with Gasteiger partial charge in [-0.25, -0.2) is 0 Å². The molecule has 6 heteroatoms. The number of hydrogen-bond acceptors (Lipinski definition) is 4. The van der Waals surface area contributed by atoms with E-state index in [0.29, 0.717) is 37.7 Å². The summed E-state index contributed by atoms with van der Waals surface area (Å²) in [5.74, 6) is 1.33. The van der Waals surface area contributed by atoms with Gasteiger partial charge in [0.15, 0.2) is 11.5 Å². The number of carbonyl (C=O) groups excluding carboxylic acids is 1. The highest BCUT2D eigenvalue weighted by atomic mass is 16.5. The molecule has 0 saturated carbocycles. The predicted octanol–water partition coefficient (Wildman–Crippen LogP) is 2.08. The van der Waals surface area contributed by atoms with E-state index in [4.69, 9.17) is 9.47 Å². The number of benzene rings is 1. The van der Waals surface area contributed by atoms with Gasteiger partial charge in [-0.15, -0.1) is 0 Å². The monoisotopic (exact) mass is 317 g/mol. The smallest absolute Gasteiger partial charge is 0.224 e. The summed E-state index contributed by atoms with van der Waals surface area (Å²) in [6.07, 6.45) is 3.92. The van der Waals surface area contributed by atoms with Crippen LogP contribution in [0.15, 0.2) is 30.6 Å². The van der Waals surface area contributed by atoms with Gasteiger partial charge in [-0.2, -0.15) is 5.10 Å². The fraction of sp³-hybridized carbons (Fsp3) is 0.412. The zero-order valence-corrected chi connectivity index (χ0v) is 13.8. The van der Waals surface area contributed by atoms with E-state index in [9.17, 15) is 4.79 Å². The van der Waals surface area contributed by atoms with E-state index < -0.39 is 0 Å². The van der Waals surface area contributed by atoms with Crippen LogP contribution in [0.25, 0.3) is 0 Å². The van der Waals surface area contributed by atoms with Crippen molar-refractivity contribution in [1.82, 2.24) is 15.1 Å². The molecule has 0 radical (unpaired) electrons. The second-order valence-electron chi connectivity index (χ2n) is 5.12. The third kappa shape index (κ3) is 5.02. The second-order valence-corrected chi connectivity index (χ2v) is 5.12. The number of nitrogens with one attached hydrogen (secondary N) is 1. The first kappa shape index (κ1) is 16.9. The van der Waals surface area contributed by atoms with Crippen molar-refractivity contribution >= 4 is 5.91 Å². The highest BCUT2D eigenvalue weighted by Gasteiger charge is 2.09. The Morgan fingerprint density at radius 1 is 1.17 bits per heavy atom. The zero-order chi connectivity index (χ0) is 16.7. The molecule has 0 fully saturated rings. The van der Waals surface area contributed by atoms with Crippen molar-refractivity contribution in [3.63, 3.8) is 0 Å². The van der Waals surface area contributed by atoms with Crippen LogP contribution in [0, 0.1) is 0 Å². The molecule has 1 N–H and O–H groups in total. The van der Waals surface area contributed by atoms with Crippen LogP contribution in [0.5, 0.6) is 11.5 Å². The van der Waals surface area contributed by atoms with Crippen molar-refractivity contribution in [2.75, 3.05) is 13.2 Å². The Morgan fingerprint density at radius 3 is 2.57 bits per heavy atom. The second kappa shape index (κ2) is 8.22. The Labute approximate surface area is 136 Å². The summed E-state index contributed by atoms with van der Waals surface area (Å²) in [4.78, 5) is 12.1. The van der Waals surface area contributed by atoms with Crippen LogP contribution in [-0.2, 0) is 24.8 Å². The molecule has 0 unspecified atom stereocenters. The van der Waals surface area contributed by atoms with Gasteiger partial charge in [0.05, 0.1) is 25.8 Å². The van der Waals surface area contributed by atoms with E-state index in [2.05, 4.69) is 10.4 Å². The minimum absolute atomic E-state index is 0.0412. The molecule has 6 nitrogen and oxygen atoms in total. The average Bonchev–Trinajstić information content (AvgIpc) is 2.94. The summed E-state index contributed by atoms with van der Waals surface area (Å²) >= 11 is 0. The molecule has 0 saturated heterocycles. The molecule has 0 aliphatic heterocycles. The van der Waals surface area contributed by atoms with Crippen LogP contribution in [0.1, 0.15) is 25.0 Å². The number of aryl methyl sites for hydroxylation is 1. The molecule has 0 aliphatic carbocycles. The SMILES string of the molecule is CCOc1ccc(CC(=O)NCc2cnn(C)c2)cc1OCC. The van der Waals surface area contributed by atoms with Crippen molar-refractivity contribution in [2.24, 2.45) is 7.05 Å². The first-order valence-corrected chi connectivity index (χ1v) is 7.75. The summed E-state index contributed by atoms with van der Waals surface area (Å²) < 4.78 is 12.8. The lowest BCUT2D eigenvalue weighted by Gasteiger charge is -2.12. The van der Waals surface area contributed by atoms with E-state index in [1.165, 1.54) is 0 Å². The van der Waals surface area contributed by atoms with Gasteiger partial charge in [0.1, 0.15) is 0 Å². The van der Waals surface area contributed by atoms with Crippen molar-refractivity contribution in [3.05, 3.63) is 41.7 Å². The standard InChI is InChI=1S/C17H23N3O3/c1-4-22-15-7-6-13(8-16(15)23-5-2)9-17(21)18-10-14-11-19-20(3)12-14/h6-8,11-12H,4-5,9-10H2,1-3H3,(H,18,21). The Hall–Kier alpha value is -2.50. The molecule has 0 spiro atoms. The van der Waals surface area contributed by atoms with Gasteiger partial charge in [0.25, 0.3) is 0 Å². The number of ether oxygens (including phenoxy) is 2. The summed E-state index contributed by atoms with van der Waals surface area (Å²) in [6.45, 7) is 5.45. The van der Waals surface area contributed by atoms with Crippen molar-refractivity contribution < 1.29 is 14.3 Å². The molecule has 0 bridgehead atoms. The molecular weight excluding hydrogens is 294 g/mol. The van der Waals surface area contributed by atoms with Crippen LogP contribution < -0.4 is 14.8 Å². The van der Waals surface area contributed by atoms with Crippen molar-refractivity contribution in [1.29, 1.82) is 0 Å². The maximum Gasteiger partial charge on any atom is 0.224 e. The van der Waals surface area contributed by atoms with Crippen LogP contribution >= 0.6 is 0 Å². The Kier molecular flexibility index (Phi) is 6.02. The van der Waals surface area contributed by atoms with Crippen LogP contribution in [0.4, 0.5) is 0 Å². The number of carbonyl (C=O) groups is 1. The summed E-state index contributed by atoms with van der Waals surface area (Å²) in [6, 6.07) is 5.59. The third-order valence-corrected chi connectivity index (χ3v) is 3.22. The van der Waals surface area contributed by atoms with Crippen LogP contribution in [0.3, 0.4) is 0 Å². The zero-order valence-electron chi connectivity index (χ0n) is 13.8. The fourth-order valence-electron chi connectivity index (χ4n) is 2.22. The van der Waals surface area contributed by atoms with Crippen LogP contribution in [0.2, 0.25) is 0 Å². The predicted molar refractivity (Wildman–Crippen MR) is 87.5 cm³/mol. The van der Waals surface area contributed by atoms with Gasteiger partial charge in [0.2, 0.25) is 5.91 Å². The van der Waals surface area contributed by atoms with Gasteiger partial charge in [-0.3, -0.25) is 9.48 Å². The minimum Gasteiger partial charge on any atom is -0.490 e. The highest BCUT2D eigenvalue weighted by Crippen LogP contribution is 2.28. The first-order chi connectivity index (χ1) is 11.1. The molecule has 23 heavy (non-hydrogen) atoms. The minimum atomic E-state index is -0.0412. The van der Waals surface area contributed by atoms with Gasteiger partial charge in [0, 0.05) is 25.4 Å². The summed E-state index contributed by atoms with van der Waals surface area (Å²) in [5.41, 5.74) is 1.86. The van der Waals surface area contributed by atoms with E-state index in [0.717, 1.165) is 11.1 Å². The largest absolute Gasteiger partial charge is 0.490 e. The maximum absolute atomic E-state index is 12.1.